The maximum atomic E-state index is 12.4. The van der Waals surface area contributed by atoms with E-state index >= 15 is 0 Å². The normalized spacial score (nSPS) is 20.4. The molecular formula is C20H30Cl2N2O3S2. The number of carbonyl (C=O) groups excluding carboxylic acids is 1. The van der Waals surface area contributed by atoms with Crippen LogP contribution in [-0.2, 0) is 20.6 Å². The van der Waals surface area contributed by atoms with Crippen molar-refractivity contribution in [2.24, 2.45) is 5.92 Å². The first-order valence-electron chi connectivity index (χ1n) is 9.81. The number of halogens is 2. The van der Waals surface area contributed by atoms with Gasteiger partial charge in [-0.2, -0.15) is 11.8 Å². The summed E-state index contributed by atoms with van der Waals surface area (Å²) in [5, 5.41) is 4.31. The molecule has 1 fully saturated rings. The molecular weight excluding hydrogens is 451 g/mol. The van der Waals surface area contributed by atoms with Crippen LogP contribution in [0.5, 0.6) is 0 Å². The van der Waals surface area contributed by atoms with E-state index in [1.807, 2.05) is 18.2 Å². The predicted molar refractivity (Wildman–Crippen MR) is 123 cm³/mol. The van der Waals surface area contributed by atoms with Crippen molar-refractivity contribution in [3.8, 4) is 0 Å². The lowest BCUT2D eigenvalue weighted by molar-refractivity contribution is -0.125. The monoisotopic (exact) mass is 480 g/mol. The fraction of sp³-hybridized carbons (Fsp3) is 0.650. The molecule has 0 radical (unpaired) electrons. The molecule has 1 aromatic carbocycles. The molecule has 9 heteroatoms. The first-order valence-corrected chi connectivity index (χ1v) is 13.2. The molecule has 1 aromatic rings. The van der Waals surface area contributed by atoms with Crippen LogP contribution in [0.2, 0.25) is 10.0 Å². The van der Waals surface area contributed by atoms with Gasteiger partial charge in [0.2, 0.25) is 15.9 Å². The predicted octanol–water partition coefficient (Wildman–Crippen LogP) is 4.62. The molecule has 1 saturated carbocycles. The molecule has 0 unspecified atom stereocenters. The highest BCUT2D eigenvalue weighted by atomic mass is 35.5. The smallest absolute Gasteiger partial charge is 0.223 e. The maximum Gasteiger partial charge on any atom is 0.223 e. The molecule has 1 amide bonds. The zero-order valence-corrected chi connectivity index (χ0v) is 20.3. The Morgan fingerprint density at radius 2 is 1.72 bits per heavy atom. The molecule has 0 aliphatic heterocycles. The molecule has 0 aromatic heterocycles. The summed E-state index contributed by atoms with van der Waals surface area (Å²) in [6.45, 7) is 5.65. The molecule has 2 rings (SSSR count). The lowest BCUT2D eigenvalue weighted by Gasteiger charge is -2.30. The van der Waals surface area contributed by atoms with E-state index in [9.17, 15) is 13.2 Å². The topological polar surface area (TPSA) is 75.3 Å². The van der Waals surface area contributed by atoms with Gasteiger partial charge in [0.25, 0.3) is 0 Å². The first-order chi connectivity index (χ1) is 13.5. The second-order valence-corrected chi connectivity index (χ2v) is 12.7. The van der Waals surface area contributed by atoms with Crippen molar-refractivity contribution in [3.05, 3.63) is 33.8 Å². The van der Waals surface area contributed by atoms with Gasteiger partial charge in [-0.05, 0) is 64.2 Å². The Morgan fingerprint density at radius 1 is 1.14 bits per heavy atom. The highest BCUT2D eigenvalue weighted by Crippen LogP contribution is 2.28. The molecule has 164 valence electrons. The van der Waals surface area contributed by atoms with Gasteiger partial charge >= 0.3 is 0 Å². The van der Waals surface area contributed by atoms with Crippen LogP contribution in [0.3, 0.4) is 0 Å². The van der Waals surface area contributed by atoms with E-state index in [-0.39, 0.29) is 17.9 Å². The number of thioether (sulfide) groups is 1. The van der Waals surface area contributed by atoms with Gasteiger partial charge < -0.3 is 5.32 Å². The van der Waals surface area contributed by atoms with Gasteiger partial charge in [-0.1, -0.05) is 29.3 Å². The van der Waals surface area contributed by atoms with Crippen molar-refractivity contribution < 1.29 is 13.2 Å². The molecule has 0 bridgehead atoms. The number of benzene rings is 1. The van der Waals surface area contributed by atoms with E-state index in [0.717, 1.165) is 11.3 Å². The summed E-state index contributed by atoms with van der Waals surface area (Å²) < 4.78 is 26.5. The minimum absolute atomic E-state index is 0.0478. The Bertz CT molecular complexity index is 782. The summed E-state index contributed by atoms with van der Waals surface area (Å²) in [4.78, 5) is 12.4. The maximum absolute atomic E-state index is 12.4. The standard InChI is InChI=1S/C20H30Cl2N2O3S2/c1-20(2,3)29(26,27)24-15-9-7-14(8-10-15)19(25)23-11-12-28-13-16-17(21)5-4-6-18(16)22/h4-6,14-15,24H,7-13H2,1-3H3,(H,23,25)/t14-,15-. The highest BCUT2D eigenvalue weighted by Gasteiger charge is 2.33. The van der Waals surface area contributed by atoms with Gasteiger partial charge in [-0.25, -0.2) is 13.1 Å². The third kappa shape index (κ3) is 7.31. The second kappa shape index (κ2) is 10.7. The van der Waals surface area contributed by atoms with Gasteiger partial charge in [0.15, 0.2) is 0 Å². The first kappa shape index (κ1) is 24.8. The number of rotatable bonds is 8. The third-order valence-electron chi connectivity index (χ3n) is 5.08. The van der Waals surface area contributed by atoms with Crippen molar-refractivity contribution in [2.75, 3.05) is 12.3 Å². The zero-order valence-electron chi connectivity index (χ0n) is 17.1. The second-order valence-electron chi connectivity index (χ2n) is 8.33. The minimum atomic E-state index is -3.36. The van der Waals surface area contributed by atoms with Gasteiger partial charge in [-0.3, -0.25) is 4.79 Å². The lowest BCUT2D eigenvalue weighted by atomic mass is 9.86. The number of amides is 1. The van der Waals surface area contributed by atoms with E-state index in [1.165, 1.54) is 0 Å². The van der Waals surface area contributed by atoms with Crippen molar-refractivity contribution in [3.63, 3.8) is 0 Å². The Hall–Kier alpha value is -0.470. The van der Waals surface area contributed by atoms with Crippen LogP contribution in [0.25, 0.3) is 0 Å². The summed E-state index contributed by atoms with van der Waals surface area (Å²) >= 11 is 14.0. The lowest BCUT2D eigenvalue weighted by Crippen LogP contribution is -2.46. The third-order valence-corrected chi connectivity index (χ3v) is 9.03. The van der Waals surface area contributed by atoms with E-state index in [0.29, 0.717) is 48.0 Å². The fourth-order valence-electron chi connectivity index (χ4n) is 3.10. The Kier molecular flexibility index (Phi) is 9.16. The largest absolute Gasteiger partial charge is 0.355 e. The Labute approximate surface area is 188 Å². The van der Waals surface area contributed by atoms with Crippen molar-refractivity contribution in [1.82, 2.24) is 10.0 Å². The summed E-state index contributed by atoms with van der Waals surface area (Å²) in [5.41, 5.74) is 0.920. The van der Waals surface area contributed by atoms with Crippen LogP contribution in [0.1, 0.15) is 52.0 Å². The van der Waals surface area contributed by atoms with Gasteiger partial charge in [-0.15, -0.1) is 0 Å². The van der Waals surface area contributed by atoms with Crippen LogP contribution in [-0.4, -0.2) is 37.4 Å². The molecule has 0 atom stereocenters. The molecule has 1 aliphatic rings. The Morgan fingerprint density at radius 3 is 2.28 bits per heavy atom. The van der Waals surface area contributed by atoms with Crippen LogP contribution in [0.4, 0.5) is 0 Å². The number of hydrogen-bond acceptors (Lipinski definition) is 4. The van der Waals surface area contributed by atoms with E-state index in [2.05, 4.69) is 10.0 Å². The summed E-state index contributed by atoms with van der Waals surface area (Å²) in [5.74, 6) is 1.48. The van der Waals surface area contributed by atoms with Crippen molar-refractivity contribution >= 4 is 50.9 Å². The molecule has 5 nitrogen and oxygen atoms in total. The summed E-state index contributed by atoms with van der Waals surface area (Å²) in [7, 11) is -3.36. The zero-order chi connectivity index (χ0) is 21.7. The van der Waals surface area contributed by atoms with Crippen molar-refractivity contribution in [1.29, 1.82) is 0 Å². The van der Waals surface area contributed by atoms with Crippen LogP contribution in [0.15, 0.2) is 18.2 Å². The molecule has 0 spiro atoms. The molecule has 0 heterocycles. The fourth-order valence-corrected chi connectivity index (χ4v) is 5.73. The van der Waals surface area contributed by atoms with E-state index < -0.39 is 14.8 Å². The Balaban J connectivity index is 1.67. The number of carbonyl (C=O) groups is 1. The number of nitrogens with one attached hydrogen (secondary N) is 2. The van der Waals surface area contributed by atoms with Gasteiger partial charge in [0.1, 0.15) is 0 Å². The van der Waals surface area contributed by atoms with Gasteiger partial charge in [0.05, 0.1) is 4.75 Å². The minimum Gasteiger partial charge on any atom is -0.355 e. The van der Waals surface area contributed by atoms with Crippen LogP contribution < -0.4 is 10.0 Å². The number of sulfonamides is 1. The molecule has 2 N–H and O–H groups in total. The SMILES string of the molecule is CC(C)(C)S(=O)(=O)N[C@H]1CC[C@H](C(=O)NCCSCc2c(Cl)cccc2Cl)CC1. The van der Waals surface area contributed by atoms with E-state index in [1.54, 1.807) is 32.5 Å². The molecule has 29 heavy (non-hydrogen) atoms. The average molecular weight is 482 g/mol. The summed E-state index contributed by atoms with van der Waals surface area (Å²) in [6, 6.07) is 5.38. The van der Waals surface area contributed by atoms with Crippen LogP contribution in [0, 0.1) is 5.92 Å². The van der Waals surface area contributed by atoms with E-state index in [4.69, 9.17) is 23.2 Å². The quantitative estimate of drug-likeness (QED) is 0.532. The highest BCUT2D eigenvalue weighted by molar-refractivity contribution is 7.98. The van der Waals surface area contributed by atoms with Crippen LogP contribution >= 0.6 is 35.0 Å². The van der Waals surface area contributed by atoms with Gasteiger partial charge in [0, 0.05) is 40.1 Å². The number of hydrogen-bond donors (Lipinski definition) is 2. The summed E-state index contributed by atoms with van der Waals surface area (Å²) in [6.07, 6.45) is 2.78. The molecule has 0 saturated heterocycles. The molecule has 1 aliphatic carbocycles. The van der Waals surface area contributed by atoms with Crippen molar-refractivity contribution in [2.45, 2.75) is 63.0 Å². The average Bonchev–Trinajstić information content (AvgIpc) is 2.62.